The maximum atomic E-state index is 10.0. The first-order valence-corrected chi connectivity index (χ1v) is 9.51. The van der Waals surface area contributed by atoms with Gasteiger partial charge in [-0.1, -0.05) is 55.8 Å². The zero-order valence-corrected chi connectivity index (χ0v) is 17.2. The molecule has 0 atom stereocenters. The third-order valence-corrected chi connectivity index (χ3v) is 5.00. The molecule has 0 aliphatic carbocycles. The first-order valence-electron chi connectivity index (χ1n) is 9.51. The van der Waals surface area contributed by atoms with Crippen molar-refractivity contribution in [3.8, 4) is 5.75 Å². The number of hydrogen-bond donors (Lipinski definition) is 1. The lowest BCUT2D eigenvalue weighted by molar-refractivity contribution is 0.0681. The number of aryl methyl sites for hydroxylation is 1. The van der Waals surface area contributed by atoms with E-state index in [1.54, 1.807) is 26.1 Å². The zero-order chi connectivity index (χ0) is 20.4. The monoisotopic (exact) mass is 376 g/mol. The fourth-order valence-electron chi connectivity index (χ4n) is 3.03. The van der Waals surface area contributed by atoms with E-state index in [-0.39, 0.29) is 5.41 Å². The second-order valence-corrected chi connectivity index (χ2v) is 8.23. The van der Waals surface area contributed by atoms with Crippen LogP contribution in [0.5, 0.6) is 5.75 Å². The summed E-state index contributed by atoms with van der Waals surface area (Å²) in [7, 11) is 0. The largest absolute Gasteiger partial charge is 0.487 e. The van der Waals surface area contributed by atoms with Crippen molar-refractivity contribution in [2.24, 2.45) is 0 Å². The van der Waals surface area contributed by atoms with Crippen molar-refractivity contribution in [3.63, 3.8) is 0 Å². The topological polar surface area (TPSA) is 55.2 Å². The number of rotatable bonds is 6. The summed E-state index contributed by atoms with van der Waals surface area (Å²) in [6, 6.07) is 18.7. The molecule has 2 aromatic carbocycles. The molecule has 4 heteroatoms. The Bertz CT molecular complexity index is 924. The van der Waals surface area contributed by atoms with Gasteiger partial charge in [-0.3, -0.25) is 0 Å². The predicted molar refractivity (Wildman–Crippen MR) is 111 cm³/mol. The van der Waals surface area contributed by atoms with Gasteiger partial charge in [0.05, 0.1) is 5.69 Å². The van der Waals surface area contributed by atoms with Crippen molar-refractivity contribution in [1.29, 1.82) is 0 Å². The highest BCUT2D eigenvalue weighted by Gasteiger charge is 2.23. The summed E-state index contributed by atoms with van der Waals surface area (Å²) in [4.78, 5) is 8.50. The van der Waals surface area contributed by atoms with Crippen LogP contribution >= 0.6 is 0 Å². The number of hydrogen-bond acceptors (Lipinski definition) is 4. The highest BCUT2D eigenvalue weighted by Crippen LogP contribution is 2.32. The van der Waals surface area contributed by atoms with E-state index in [2.05, 4.69) is 67.1 Å². The molecule has 0 saturated heterocycles. The molecule has 0 aliphatic heterocycles. The average molecular weight is 377 g/mol. The lowest BCUT2D eigenvalue weighted by Crippen LogP contribution is -2.20. The van der Waals surface area contributed by atoms with Crippen LogP contribution in [0.15, 0.2) is 60.8 Å². The molecule has 0 fully saturated rings. The van der Waals surface area contributed by atoms with Crippen molar-refractivity contribution in [1.82, 2.24) is 9.97 Å². The van der Waals surface area contributed by atoms with Gasteiger partial charge >= 0.3 is 0 Å². The average Bonchev–Trinajstić information content (AvgIpc) is 2.67. The minimum Gasteiger partial charge on any atom is -0.487 e. The summed E-state index contributed by atoms with van der Waals surface area (Å²) in [6.07, 6.45) is 1.65. The van der Waals surface area contributed by atoms with Gasteiger partial charge < -0.3 is 9.84 Å². The molecule has 0 bridgehead atoms. The molecule has 0 aliphatic rings. The molecule has 0 saturated carbocycles. The van der Waals surface area contributed by atoms with Gasteiger partial charge in [0.15, 0.2) is 5.82 Å². The van der Waals surface area contributed by atoms with Crippen LogP contribution in [0, 0.1) is 6.92 Å². The van der Waals surface area contributed by atoms with E-state index in [9.17, 15) is 5.11 Å². The molecule has 0 unspecified atom stereocenters. The summed E-state index contributed by atoms with van der Waals surface area (Å²) < 4.78 is 5.88. The highest BCUT2D eigenvalue weighted by molar-refractivity contribution is 5.40. The molecule has 1 aromatic heterocycles. The Hall–Kier alpha value is -2.72. The fraction of sp³-hybridized carbons (Fsp3) is 0.333. The Labute approximate surface area is 167 Å². The summed E-state index contributed by atoms with van der Waals surface area (Å²) in [5, 5.41) is 10.0. The molecule has 1 N–H and O–H groups in total. The van der Waals surface area contributed by atoms with Crippen LogP contribution < -0.4 is 4.74 Å². The summed E-state index contributed by atoms with van der Waals surface area (Å²) in [6.45, 7) is 10.2. The molecule has 4 nitrogen and oxygen atoms in total. The van der Waals surface area contributed by atoms with E-state index >= 15 is 0 Å². The van der Waals surface area contributed by atoms with Crippen molar-refractivity contribution in [2.75, 3.05) is 0 Å². The van der Waals surface area contributed by atoms with Gasteiger partial charge in [0.2, 0.25) is 0 Å². The maximum Gasteiger partial charge on any atom is 0.159 e. The van der Waals surface area contributed by atoms with Gasteiger partial charge in [0, 0.05) is 11.6 Å². The number of benzene rings is 2. The normalized spacial score (nSPS) is 12.1. The van der Waals surface area contributed by atoms with E-state index in [4.69, 9.17) is 4.74 Å². The zero-order valence-electron chi connectivity index (χ0n) is 17.2. The Morgan fingerprint density at radius 2 is 1.43 bits per heavy atom. The van der Waals surface area contributed by atoms with Gasteiger partial charge in [-0.05, 0) is 50.1 Å². The summed E-state index contributed by atoms with van der Waals surface area (Å²) in [5.74, 6) is 1.18. The van der Waals surface area contributed by atoms with E-state index in [1.807, 2.05) is 12.1 Å². The van der Waals surface area contributed by atoms with Gasteiger partial charge in [-0.15, -0.1) is 0 Å². The van der Waals surface area contributed by atoms with E-state index in [0.717, 1.165) is 11.4 Å². The van der Waals surface area contributed by atoms with Crippen molar-refractivity contribution < 1.29 is 9.84 Å². The smallest absolute Gasteiger partial charge is 0.159 e. The number of aromatic nitrogens is 2. The third kappa shape index (κ3) is 4.57. The lowest BCUT2D eigenvalue weighted by Gasteiger charge is -2.26. The highest BCUT2D eigenvalue weighted by atomic mass is 16.5. The molecule has 0 spiro atoms. The Morgan fingerprint density at radius 1 is 0.857 bits per heavy atom. The van der Waals surface area contributed by atoms with Gasteiger partial charge in [-0.25, -0.2) is 9.97 Å². The molecule has 146 valence electrons. The Morgan fingerprint density at radius 3 is 2.00 bits per heavy atom. The SMILES string of the molecule is Cc1ccc(C(C)(C)c2ccc(OCc3ccnc(C(C)(C)O)n3)cc2)cc1. The summed E-state index contributed by atoms with van der Waals surface area (Å²) in [5.41, 5.74) is 3.36. The van der Waals surface area contributed by atoms with Crippen molar-refractivity contribution in [2.45, 2.75) is 52.2 Å². The maximum absolute atomic E-state index is 10.0. The molecule has 0 radical (unpaired) electrons. The molecule has 1 heterocycles. The van der Waals surface area contributed by atoms with Crippen LogP contribution in [-0.2, 0) is 17.6 Å². The fourth-order valence-corrected chi connectivity index (χ4v) is 3.03. The lowest BCUT2D eigenvalue weighted by atomic mass is 9.78. The van der Waals surface area contributed by atoms with Crippen LogP contribution in [0.25, 0.3) is 0 Å². The molecule has 3 aromatic rings. The molecule has 28 heavy (non-hydrogen) atoms. The van der Waals surface area contributed by atoms with Crippen molar-refractivity contribution >= 4 is 0 Å². The second kappa shape index (κ2) is 7.72. The first-order chi connectivity index (χ1) is 13.2. The first kappa shape index (κ1) is 20.0. The minimum atomic E-state index is -1.07. The van der Waals surface area contributed by atoms with E-state index in [0.29, 0.717) is 12.4 Å². The molecular formula is C24H28N2O2. The van der Waals surface area contributed by atoms with Crippen LogP contribution in [0.2, 0.25) is 0 Å². The van der Waals surface area contributed by atoms with E-state index < -0.39 is 5.60 Å². The van der Waals surface area contributed by atoms with Gasteiger partial charge in [0.1, 0.15) is 18.0 Å². The quantitative estimate of drug-likeness (QED) is 0.664. The Balaban J connectivity index is 1.70. The van der Waals surface area contributed by atoms with Gasteiger partial charge in [-0.2, -0.15) is 0 Å². The van der Waals surface area contributed by atoms with Crippen LogP contribution in [0.4, 0.5) is 0 Å². The second-order valence-electron chi connectivity index (χ2n) is 8.23. The molecule has 0 amide bonds. The number of ether oxygens (including phenoxy) is 1. The molecular weight excluding hydrogens is 348 g/mol. The number of nitrogens with zero attached hydrogens (tertiary/aromatic N) is 2. The Kier molecular flexibility index (Phi) is 5.52. The third-order valence-electron chi connectivity index (χ3n) is 5.00. The van der Waals surface area contributed by atoms with Gasteiger partial charge in [0.25, 0.3) is 0 Å². The number of aliphatic hydroxyl groups is 1. The van der Waals surface area contributed by atoms with Crippen molar-refractivity contribution in [3.05, 3.63) is 89.0 Å². The molecule has 3 rings (SSSR count). The minimum absolute atomic E-state index is 0.0828. The van der Waals surface area contributed by atoms with Crippen LogP contribution in [0.1, 0.15) is 55.9 Å². The standard InChI is InChI=1S/C24H28N2O2/c1-17-6-8-18(9-7-17)23(2,3)19-10-12-21(13-11-19)28-16-20-14-15-25-22(26-20)24(4,5)27/h6-15,27H,16H2,1-5H3. The summed E-state index contributed by atoms with van der Waals surface area (Å²) >= 11 is 0. The van der Waals surface area contributed by atoms with Crippen LogP contribution in [-0.4, -0.2) is 15.1 Å². The van der Waals surface area contributed by atoms with Crippen LogP contribution in [0.3, 0.4) is 0 Å². The van der Waals surface area contributed by atoms with E-state index in [1.165, 1.54) is 16.7 Å². The predicted octanol–water partition coefficient (Wildman–Crippen LogP) is 4.92.